The maximum absolute atomic E-state index is 12.1. The van der Waals surface area contributed by atoms with Crippen molar-refractivity contribution in [3.63, 3.8) is 0 Å². The maximum atomic E-state index is 12.1. The second-order valence-electron chi connectivity index (χ2n) is 11.0. The van der Waals surface area contributed by atoms with Gasteiger partial charge in [-0.25, -0.2) is 0 Å². The first kappa shape index (κ1) is 33.0. The van der Waals surface area contributed by atoms with Crippen molar-refractivity contribution < 1.29 is 19.0 Å². The Hall–Kier alpha value is 0.0138. The maximum Gasteiger partial charge on any atom is 0.193 e. The number of unbranched alkanes of at least 4 members (excludes halogenated alkanes) is 4. The third-order valence-electron chi connectivity index (χ3n) is 7.09. The first-order valence-corrected chi connectivity index (χ1v) is 19.7. The SMILES string of the molecule is C=CC[C@@](O)([C@@H](OCCCCOC)[C@@H](C)O[Si](CCCC)(CCCC)CCCC)[Si](C)(C)C. The van der Waals surface area contributed by atoms with E-state index in [1.807, 2.05) is 6.08 Å². The van der Waals surface area contributed by atoms with E-state index in [0.717, 1.165) is 19.4 Å². The molecule has 4 nitrogen and oxygen atoms in total. The average molecular weight is 503 g/mol. The third kappa shape index (κ3) is 11.5. The van der Waals surface area contributed by atoms with Gasteiger partial charge in [0, 0.05) is 20.3 Å². The van der Waals surface area contributed by atoms with E-state index in [1.54, 1.807) is 7.11 Å². The van der Waals surface area contributed by atoms with Crippen molar-refractivity contribution in [1.82, 2.24) is 0 Å². The minimum Gasteiger partial charge on any atom is -0.411 e. The molecule has 3 atom stereocenters. The van der Waals surface area contributed by atoms with Gasteiger partial charge in [0.2, 0.25) is 0 Å². The lowest BCUT2D eigenvalue weighted by molar-refractivity contribution is -0.113. The number of hydrogen-bond acceptors (Lipinski definition) is 4. The Labute approximate surface area is 209 Å². The number of rotatable bonds is 22. The van der Waals surface area contributed by atoms with Gasteiger partial charge in [0.15, 0.2) is 8.32 Å². The summed E-state index contributed by atoms with van der Waals surface area (Å²) < 4.78 is 18.9. The van der Waals surface area contributed by atoms with Crippen molar-refractivity contribution in [2.24, 2.45) is 0 Å². The van der Waals surface area contributed by atoms with Crippen LogP contribution in [0.5, 0.6) is 0 Å². The molecule has 0 bridgehead atoms. The minimum absolute atomic E-state index is 0.124. The second-order valence-corrected chi connectivity index (χ2v) is 20.4. The molecule has 33 heavy (non-hydrogen) atoms. The molecule has 0 aromatic rings. The normalized spacial score (nSPS) is 16.4. The number of methoxy groups -OCH3 is 1. The molecule has 0 amide bonds. The van der Waals surface area contributed by atoms with Gasteiger partial charge in [-0.2, -0.15) is 0 Å². The van der Waals surface area contributed by atoms with E-state index in [0.29, 0.717) is 13.0 Å². The molecule has 1 N–H and O–H groups in total. The van der Waals surface area contributed by atoms with Gasteiger partial charge in [-0.1, -0.05) is 85.0 Å². The number of aliphatic hydroxyl groups is 1. The van der Waals surface area contributed by atoms with Gasteiger partial charge < -0.3 is 19.0 Å². The highest BCUT2D eigenvalue weighted by molar-refractivity contribution is 6.79. The van der Waals surface area contributed by atoms with Crippen LogP contribution in [0.2, 0.25) is 37.8 Å². The highest BCUT2D eigenvalue weighted by Gasteiger charge is 2.51. The Morgan fingerprint density at radius 2 is 1.36 bits per heavy atom. The topological polar surface area (TPSA) is 47.9 Å². The highest BCUT2D eigenvalue weighted by Crippen LogP contribution is 2.37. The number of hydrogen-bond donors (Lipinski definition) is 1. The van der Waals surface area contributed by atoms with Crippen LogP contribution in [0.3, 0.4) is 0 Å². The third-order valence-corrected chi connectivity index (χ3v) is 14.8. The molecule has 0 unspecified atom stereocenters. The van der Waals surface area contributed by atoms with Crippen molar-refractivity contribution in [3.05, 3.63) is 12.7 Å². The van der Waals surface area contributed by atoms with Gasteiger partial charge in [-0.15, -0.1) is 6.58 Å². The molecule has 0 spiro atoms. The second kappa shape index (κ2) is 17.4. The average Bonchev–Trinajstić information content (AvgIpc) is 2.76. The molecule has 0 aromatic carbocycles. The van der Waals surface area contributed by atoms with E-state index in [1.165, 1.54) is 56.7 Å². The van der Waals surface area contributed by atoms with Crippen molar-refractivity contribution in [2.45, 2.75) is 141 Å². The molecular formula is C27H58O4Si2. The number of ether oxygens (including phenoxy) is 2. The van der Waals surface area contributed by atoms with E-state index in [2.05, 4.69) is 53.9 Å². The first-order valence-electron chi connectivity index (χ1n) is 13.7. The van der Waals surface area contributed by atoms with E-state index in [9.17, 15) is 5.11 Å². The van der Waals surface area contributed by atoms with Crippen LogP contribution in [-0.2, 0) is 13.9 Å². The highest BCUT2D eigenvalue weighted by atomic mass is 28.4. The van der Waals surface area contributed by atoms with Crippen LogP contribution >= 0.6 is 0 Å². The van der Waals surface area contributed by atoms with E-state index >= 15 is 0 Å². The summed E-state index contributed by atoms with van der Waals surface area (Å²) in [5, 5.41) is 11.2. The molecule has 0 fully saturated rings. The van der Waals surface area contributed by atoms with Crippen molar-refractivity contribution in [2.75, 3.05) is 20.3 Å². The molecule has 0 rings (SSSR count). The van der Waals surface area contributed by atoms with Crippen LogP contribution in [-0.4, -0.2) is 59.3 Å². The van der Waals surface area contributed by atoms with E-state index in [4.69, 9.17) is 13.9 Å². The summed E-state index contributed by atoms with van der Waals surface area (Å²) in [6.45, 7) is 21.1. The lowest BCUT2D eigenvalue weighted by Crippen LogP contribution is -2.65. The van der Waals surface area contributed by atoms with Gasteiger partial charge in [0.25, 0.3) is 0 Å². The molecule has 0 aliphatic carbocycles. The Kier molecular flexibility index (Phi) is 17.5. The molecule has 6 heteroatoms. The summed E-state index contributed by atoms with van der Waals surface area (Å²) in [5.41, 5.74) is 0. The van der Waals surface area contributed by atoms with Crippen LogP contribution in [0.25, 0.3) is 0 Å². The zero-order valence-electron chi connectivity index (χ0n) is 23.5. The smallest absolute Gasteiger partial charge is 0.193 e. The zero-order valence-corrected chi connectivity index (χ0v) is 25.5. The van der Waals surface area contributed by atoms with Gasteiger partial charge in [0.1, 0.15) is 6.10 Å². The molecule has 0 saturated heterocycles. The zero-order chi connectivity index (χ0) is 25.4. The van der Waals surface area contributed by atoms with Crippen molar-refractivity contribution in [3.8, 4) is 0 Å². The Balaban J connectivity index is 5.96. The van der Waals surface area contributed by atoms with Crippen LogP contribution < -0.4 is 0 Å². The molecule has 0 aliphatic heterocycles. The Morgan fingerprint density at radius 1 is 0.879 bits per heavy atom. The fraction of sp³-hybridized carbons (Fsp3) is 0.926. The Bertz CT molecular complexity index is 473. The van der Waals surface area contributed by atoms with Gasteiger partial charge in [0.05, 0.1) is 19.4 Å². The molecule has 0 saturated carbocycles. The molecule has 0 aromatic heterocycles. The van der Waals surface area contributed by atoms with E-state index in [-0.39, 0.29) is 12.2 Å². The minimum atomic E-state index is -2.01. The van der Waals surface area contributed by atoms with Crippen LogP contribution in [0.4, 0.5) is 0 Å². The summed E-state index contributed by atoms with van der Waals surface area (Å²) in [6, 6.07) is 3.67. The molecule has 0 aliphatic rings. The van der Waals surface area contributed by atoms with Crippen LogP contribution in [0.15, 0.2) is 12.7 Å². The van der Waals surface area contributed by atoms with Gasteiger partial charge in [-0.3, -0.25) is 0 Å². The quantitative estimate of drug-likeness (QED) is 0.0934. The summed E-state index contributed by atoms with van der Waals surface area (Å²) in [4.78, 5) is 0. The molecule has 0 radical (unpaired) electrons. The van der Waals surface area contributed by atoms with Gasteiger partial charge >= 0.3 is 0 Å². The molecule has 0 heterocycles. The first-order chi connectivity index (χ1) is 15.6. The Morgan fingerprint density at radius 3 is 1.76 bits per heavy atom. The van der Waals surface area contributed by atoms with Gasteiger partial charge in [-0.05, 0) is 44.3 Å². The summed E-state index contributed by atoms with van der Waals surface area (Å²) >= 11 is 0. The van der Waals surface area contributed by atoms with Crippen LogP contribution in [0, 0.1) is 0 Å². The predicted molar refractivity (Wildman–Crippen MR) is 149 cm³/mol. The van der Waals surface area contributed by atoms with Crippen molar-refractivity contribution >= 4 is 16.4 Å². The fourth-order valence-electron chi connectivity index (χ4n) is 4.79. The molecular weight excluding hydrogens is 444 g/mol. The van der Waals surface area contributed by atoms with E-state index < -0.39 is 21.6 Å². The lowest BCUT2D eigenvalue weighted by Gasteiger charge is -2.48. The van der Waals surface area contributed by atoms with Crippen molar-refractivity contribution in [1.29, 1.82) is 0 Å². The van der Waals surface area contributed by atoms with Crippen LogP contribution in [0.1, 0.15) is 85.5 Å². The molecule has 198 valence electrons. The summed E-state index contributed by atoms with van der Waals surface area (Å²) in [6.07, 6.45) is 11.2. The summed E-state index contributed by atoms with van der Waals surface area (Å²) in [7, 11) is -2.20. The standard InChI is InChI=1S/C27H58O4Si2/c1-10-14-22-33(23-15-11-2,24-16-12-3)31-25(5)26(30-21-18-17-20-29-6)27(28,19-13-4)32(7,8)9/h13,25-26,28H,4,10-12,14-24H2,1-3,5-9H3/t25-,26+,27+/m1/s1. The fourth-order valence-corrected chi connectivity index (χ4v) is 11.7. The largest absolute Gasteiger partial charge is 0.411 e. The lowest BCUT2D eigenvalue weighted by atomic mass is 10.0. The predicted octanol–water partition coefficient (Wildman–Crippen LogP) is 7.73. The summed E-state index contributed by atoms with van der Waals surface area (Å²) in [5.74, 6) is 0. The monoisotopic (exact) mass is 502 g/mol.